The molecule has 0 bridgehead atoms. The monoisotopic (exact) mass is 376 g/mol. The van der Waals surface area contributed by atoms with Gasteiger partial charge in [0.05, 0.1) is 5.69 Å². The topological polar surface area (TPSA) is 26.5 Å². The van der Waals surface area contributed by atoms with Crippen molar-refractivity contribution in [2.75, 3.05) is 0 Å². The molecular formula is C22H21CuN2. The van der Waals surface area contributed by atoms with Crippen LogP contribution in [0, 0.1) is 0 Å². The maximum absolute atomic E-state index is 4.88. The van der Waals surface area contributed by atoms with Crippen LogP contribution in [0.15, 0.2) is 83.9 Å². The molecule has 0 spiro atoms. The van der Waals surface area contributed by atoms with E-state index in [1.807, 2.05) is 66.9 Å². The molecule has 0 amide bonds. The maximum atomic E-state index is 4.88. The molecule has 3 aromatic rings. The van der Waals surface area contributed by atoms with E-state index in [1.54, 1.807) is 0 Å². The van der Waals surface area contributed by atoms with Gasteiger partial charge in [-0.3, -0.25) is 4.99 Å². The van der Waals surface area contributed by atoms with Gasteiger partial charge < -0.3 is 5.32 Å². The molecule has 0 N–H and O–H groups in total. The minimum Gasteiger partial charge on any atom is -0.657 e. The van der Waals surface area contributed by atoms with E-state index in [0.29, 0.717) is 5.92 Å². The van der Waals surface area contributed by atoms with Crippen LogP contribution in [-0.4, -0.2) is 6.21 Å². The molecule has 3 heteroatoms. The minimum atomic E-state index is 0. The predicted molar refractivity (Wildman–Crippen MR) is 103 cm³/mol. The van der Waals surface area contributed by atoms with Crippen molar-refractivity contribution in [3.05, 3.63) is 95.3 Å². The molecule has 0 saturated carbocycles. The van der Waals surface area contributed by atoms with E-state index in [-0.39, 0.29) is 17.1 Å². The van der Waals surface area contributed by atoms with Crippen LogP contribution in [0.4, 0.5) is 17.1 Å². The summed E-state index contributed by atoms with van der Waals surface area (Å²) in [4.78, 5) is 4.59. The summed E-state index contributed by atoms with van der Waals surface area (Å²) in [6.45, 7) is 4.38. The van der Waals surface area contributed by atoms with Crippen LogP contribution in [0.3, 0.4) is 0 Å². The zero-order valence-corrected chi connectivity index (χ0v) is 15.3. The first kappa shape index (κ1) is 19.0. The van der Waals surface area contributed by atoms with Gasteiger partial charge in [-0.05, 0) is 23.6 Å². The molecule has 3 aromatic carbocycles. The Labute approximate surface area is 160 Å². The molecule has 25 heavy (non-hydrogen) atoms. The number of hydrogen-bond acceptors (Lipinski definition) is 1. The van der Waals surface area contributed by atoms with Gasteiger partial charge in [-0.1, -0.05) is 86.1 Å². The Kier molecular flexibility index (Phi) is 7.00. The number of benzene rings is 3. The van der Waals surface area contributed by atoms with Crippen LogP contribution >= 0.6 is 0 Å². The Balaban J connectivity index is 0.00000225. The number of para-hydroxylation sites is 3. The van der Waals surface area contributed by atoms with Gasteiger partial charge >= 0.3 is 17.1 Å². The summed E-state index contributed by atoms with van der Waals surface area (Å²) in [5, 5.41) is 4.88. The largest absolute Gasteiger partial charge is 1.00 e. The van der Waals surface area contributed by atoms with E-state index < -0.39 is 0 Å². The Morgan fingerprint density at radius 2 is 1.44 bits per heavy atom. The summed E-state index contributed by atoms with van der Waals surface area (Å²) in [5.74, 6) is 0.400. The second kappa shape index (κ2) is 9.22. The van der Waals surface area contributed by atoms with Crippen LogP contribution in [0.1, 0.15) is 30.9 Å². The predicted octanol–water partition coefficient (Wildman–Crippen LogP) is 6.90. The van der Waals surface area contributed by atoms with Crippen LogP contribution in [0.25, 0.3) is 5.32 Å². The fraction of sp³-hybridized carbons (Fsp3) is 0.136. The minimum absolute atomic E-state index is 0. The second-order valence-electron chi connectivity index (χ2n) is 5.98. The van der Waals surface area contributed by atoms with E-state index in [9.17, 15) is 0 Å². The van der Waals surface area contributed by atoms with Gasteiger partial charge in [-0.25, -0.2) is 0 Å². The molecule has 3 rings (SSSR count). The smallest absolute Gasteiger partial charge is 0.657 e. The fourth-order valence-electron chi connectivity index (χ4n) is 2.57. The van der Waals surface area contributed by atoms with Crippen molar-refractivity contribution in [2.24, 2.45) is 4.99 Å². The van der Waals surface area contributed by atoms with Gasteiger partial charge in [0.1, 0.15) is 0 Å². The van der Waals surface area contributed by atoms with E-state index in [4.69, 9.17) is 5.32 Å². The molecule has 0 saturated heterocycles. The average Bonchev–Trinajstić information content (AvgIpc) is 2.62. The first-order valence-electron chi connectivity index (χ1n) is 8.23. The van der Waals surface area contributed by atoms with Crippen molar-refractivity contribution in [1.82, 2.24) is 0 Å². The summed E-state index contributed by atoms with van der Waals surface area (Å²) >= 11 is 0. The molecule has 0 aromatic heterocycles. The van der Waals surface area contributed by atoms with Gasteiger partial charge in [-0.15, -0.1) is 11.4 Å². The van der Waals surface area contributed by atoms with Gasteiger partial charge in [0.2, 0.25) is 0 Å². The molecule has 0 fully saturated rings. The van der Waals surface area contributed by atoms with Crippen LogP contribution in [-0.2, 0) is 17.1 Å². The summed E-state index contributed by atoms with van der Waals surface area (Å²) in [6.07, 6.45) is 1.91. The molecule has 0 radical (unpaired) electrons. The van der Waals surface area contributed by atoms with Crippen LogP contribution < -0.4 is 0 Å². The molecule has 0 aliphatic heterocycles. The molecule has 0 aliphatic carbocycles. The molecule has 2 nitrogen and oxygen atoms in total. The first-order valence-corrected chi connectivity index (χ1v) is 8.23. The number of nitrogens with zero attached hydrogens (tertiary/aromatic N) is 2. The summed E-state index contributed by atoms with van der Waals surface area (Å²) in [6, 6.07) is 26.3. The third kappa shape index (κ3) is 5.06. The standard InChI is InChI=1S/C22H21N2.Cu/c1-17(2)21-15-9-10-18(16-23-19-11-5-3-6-12-19)22(21)24-20-13-7-4-8-14-20;/h3-17H,1-2H3;/q-1;+1. The molecule has 0 heterocycles. The molecule has 0 atom stereocenters. The van der Waals surface area contributed by atoms with Gasteiger partial charge in [0, 0.05) is 6.21 Å². The van der Waals surface area contributed by atoms with Crippen molar-refractivity contribution in [3.63, 3.8) is 0 Å². The maximum Gasteiger partial charge on any atom is 1.00 e. The number of aliphatic imine (C=N–C) groups is 1. The van der Waals surface area contributed by atoms with Gasteiger partial charge in [-0.2, -0.15) is 0 Å². The Bertz CT molecular complexity index is 812. The van der Waals surface area contributed by atoms with Crippen molar-refractivity contribution >= 4 is 23.3 Å². The van der Waals surface area contributed by atoms with Crippen LogP contribution in [0.2, 0.25) is 0 Å². The normalized spacial score (nSPS) is 10.7. The van der Waals surface area contributed by atoms with Gasteiger partial charge in [0.15, 0.2) is 0 Å². The molecule has 0 unspecified atom stereocenters. The number of hydrogen-bond donors (Lipinski definition) is 0. The Morgan fingerprint density at radius 1 is 0.800 bits per heavy atom. The third-order valence-electron chi connectivity index (χ3n) is 3.83. The van der Waals surface area contributed by atoms with Crippen molar-refractivity contribution in [3.8, 4) is 0 Å². The molecule has 130 valence electrons. The average molecular weight is 377 g/mol. The Morgan fingerprint density at radius 3 is 2.08 bits per heavy atom. The quantitative estimate of drug-likeness (QED) is 0.342. The third-order valence-corrected chi connectivity index (χ3v) is 3.83. The van der Waals surface area contributed by atoms with Crippen LogP contribution in [0.5, 0.6) is 0 Å². The van der Waals surface area contributed by atoms with E-state index >= 15 is 0 Å². The number of rotatable bonds is 5. The van der Waals surface area contributed by atoms with E-state index in [2.05, 4.69) is 37.0 Å². The SMILES string of the molecule is CC(C)c1cccc(C=Nc2ccccc2)c1[N-]c1ccccc1.[Cu+]. The summed E-state index contributed by atoms with van der Waals surface area (Å²) in [7, 11) is 0. The Hall–Kier alpha value is -2.35. The van der Waals surface area contributed by atoms with Crippen molar-refractivity contribution in [1.29, 1.82) is 0 Å². The first-order chi connectivity index (χ1) is 11.7. The van der Waals surface area contributed by atoms with E-state index in [0.717, 1.165) is 22.6 Å². The fourth-order valence-corrected chi connectivity index (χ4v) is 2.57. The van der Waals surface area contributed by atoms with E-state index in [1.165, 1.54) is 5.56 Å². The summed E-state index contributed by atoms with van der Waals surface area (Å²) < 4.78 is 0. The van der Waals surface area contributed by atoms with Crippen molar-refractivity contribution < 1.29 is 17.1 Å². The van der Waals surface area contributed by atoms with Crippen molar-refractivity contribution in [2.45, 2.75) is 19.8 Å². The zero-order chi connectivity index (χ0) is 16.8. The van der Waals surface area contributed by atoms with Gasteiger partial charge in [0.25, 0.3) is 0 Å². The molecule has 0 aliphatic rings. The summed E-state index contributed by atoms with van der Waals surface area (Å²) in [5.41, 5.74) is 5.17. The molecular weight excluding hydrogens is 356 g/mol. The zero-order valence-electron chi connectivity index (χ0n) is 14.4. The second-order valence-corrected chi connectivity index (χ2v) is 5.98.